The third kappa shape index (κ3) is 4.70. The van der Waals surface area contributed by atoms with E-state index in [1.807, 2.05) is 0 Å². The Morgan fingerprint density at radius 3 is 2.42 bits per heavy atom. The van der Waals surface area contributed by atoms with Crippen molar-refractivity contribution in [3.8, 4) is 0 Å². The summed E-state index contributed by atoms with van der Waals surface area (Å²) in [5, 5.41) is 0. The van der Waals surface area contributed by atoms with Crippen molar-refractivity contribution in [2.75, 3.05) is 33.1 Å². The van der Waals surface area contributed by atoms with Gasteiger partial charge in [-0.25, -0.2) is 17.1 Å². The van der Waals surface area contributed by atoms with Crippen molar-refractivity contribution in [2.24, 2.45) is 0 Å². The molecular weight excluding hydrogens is 273 g/mol. The van der Waals surface area contributed by atoms with Gasteiger partial charge in [0.15, 0.2) is 5.78 Å². The Labute approximate surface area is 112 Å². The van der Waals surface area contributed by atoms with Crippen LogP contribution in [0.5, 0.6) is 0 Å². The van der Waals surface area contributed by atoms with Gasteiger partial charge in [0.25, 0.3) is 0 Å². The van der Waals surface area contributed by atoms with Crippen molar-refractivity contribution < 1.29 is 22.3 Å². The standard InChI is InChI=1S/C12H16FNO4S/c1-14(7-8-18-2)19(16,17)9-12(15)10-3-5-11(13)6-4-10/h3-6H,7-9H2,1-2H3. The van der Waals surface area contributed by atoms with E-state index in [2.05, 4.69) is 0 Å². The molecule has 0 aliphatic heterocycles. The molecule has 0 spiro atoms. The first-order valence-electron chi connectivity index (χ1n) is 5.58. The second-order valence-electron chi connectivity index (χ2n) is 4.00. The number of halogens is 1. The van der Waals surface area contributed by atoms with Gasteiger partial charge in [-0.05, 0) is 24.3 Å². The SMILES string of the molecule is COCCN(C)S(=O)(=O)CC(=O)c1ccc(F)cc1. The third-order valence-corrected chi connectivity index (χ3v) is 4.32. The van der Waals surface area contributed by atoms with E-state index >= 15 is 0 Å². The van der Waals surface area contributed by atoms with Crippen molar-refractivity contribution in [3.05, 3.63) is 35.6 Å². The van der Waals surface area contributed by atoms with Crippen LogP contribution in [0.25, 0.3) is 0 Å². The molecule has 106 valence electrons. The fourth-order valence-corrected chi connectivity index (χ4v) is 2.42. The van der Waals surface area contributed by atoms with Crippen LogP contribution in [0.1, 0.15) is 10.4 Å². The molecule has 0 aliphatic rings. The van der Waals surface area contributed by atoms with Crippen molar-refractivity contribution in [3.63, 3.8) is 0 Å². The molecular formula is C12H16FNO4S. The first kappa shape index (κ1) is 15.7. The molecule has 0 radical (unpaired) electrons. The van der Waals surface area contributed by atoms with Crippen LogP contribution in [-0.2, 0) is 14.8 Å². The number of ketones is 1. The molecule has 0 unspecified atom stereocenters. The maximum Gasteiger partial charge on any atom is 0.221 e. The fourth-order valence-electron chi connectivity index (χ4n) is 1.35. The predicted octanol–water partition coefficient (Wildman–Crippen LogP) is 0.916. The molecule has 1 aromatic rings. The van der Waals surface area contributed by atoms with Gasteiger partial charge in [-0.2, -0.15) is 0 Å². The molecule has 1 aromatic carbocycles. The number of nitrogens with zero attached hydrogens (tertiary/aromatic N) is 1. The number of hydrogen-bond donors (Lipinski definition) is 0. The molecule has 1 rings (SSSR count). The van der Waals surface area contributed by atoms with Crippen LogP contribution in [0.2, 0.25) is 0 Å². The molecule has 0 N–H and O–H groups in total. The largest absolute Gasteiger partial charge is 0.383 e. The van der Waals surface area contributed by atoms with E-state index in [-0.39, 0.29) is 18.7 Å². The van der Waals surface area contributed by atoms with Crippen LogP contribution in [0.3, 0.4) is 0 Å². The average molecular weight is 289 g/mol. The van der Waals surface area contributed by atoms with E-state index in [9.17, 15) is 17.6 Å². The molecule has 0 atom stereocenters. The number of methoxy groups -OCH3 is 1. The summed E-state index contributed by atoms with van der Waals surface area (Å²) in [7, 11) is -0.836. The Kier molecular flexibility index (Phi) is 5.59. The van der Waals surface area contributed by atoms with Gasteiger partial charge < -0.3 is 4.74 Å². The summed E-state index contributed by atoms with van der Waals surface area (Å²) in [5.41, 5.74) is 0.171. The monoisotopic (exact) mass is 289 g/mol. The second-order valence-corrected chi connectivity index (χ2v) is 6.08. The van der Waals surface area contributed by atoms with Gasteiger partial charge in [0.05, 0.1) is 6.61 Å². The number of hydrogen-bond acceptors (Lipinski definition) is 4. The van der Waals surface area contributed by atoms with Crippen LogP contribution in [-0.4, -0.2) is 51.6 Å². The molecule has 0 aliphatic carbocycles. The Morgan fingerprint density at radius 2 is 1.89 bits per heavy atom. The third-order valence-electron chi connectivity index (χ3n) is 2.56. The highest BCUT2D eigenvalue weighted by atomic mass is 32.2. The van der Waals surface area contributed by atoms with Gasteiger partial charge >= 0.3 is 0 Å². The highest BCUT2D eigenvalue weighted by molar-refractivity contribution is 7.89. The van der Waals surface area contributed by atoms with Crippen LogP contribution < -0.4 is 0 Å². The van der Waals surface area contributed by atoms with Gasteiger partial charge in [0, 0.05) is 26.3 Å². The Hall–Kier alpha value is -1.31. The van der Waals surface area contributed by atoms with Crippen molar-refractivity contribution in [2.45, 2.75) is 0 Å². The Bertz CT molecular complexity index is 527. The van der Waals surface area contributed by atoms with Gasteiger partial charge in [-0.3, -0.25) is 4.79 Å². The summed E-state index contributed by atoms with van der Waals surface area (Å²) >= 11 is 0. The number of benzene rings is 1. The van der Waals surface area contributed by atoms with Crippen molar-refractivity contribution in [1.82, 2.24) is 4.31 Å². The number of carbonyl (C=O) groups excluding carboxylic acids is 1. The van der Waals surface area contributed by atoms with Gasteiger partial charge in [0.1, 0.15) is 11.6 Å². The van der Waals surface area contributed by atoms with E-state index in [0.717, 1.165) is 16.4 Å². The summed E-state index contributed by atoms with van der Waals surface area (Å²) < 4.78 is 42.3. The average Bonchev–Trinajstić information content (AvgIpc) is 2.36. The van der Waals surface area contributed by atoms with Gasteiger partial charge in [-0.15, -0.1) is 0 Å². The van der Waals surface area contributed by atoms with E-state index in [1.54, 1.807) is 0 Å². The zero-order valence-corrected chi connectivity index (χ0v) is 11.6. The summed E-state index contributed by atoms with van der Waals surface area (Å²) in [4.78, 5) is 11.8. The lowest BCUT2D eigenvalue weighted by atomic mass is 10.1. The van der Waals surface area contributed by atoms with Gasteiger partial charge in [0.2, 0.25) is 10.0 Å². The molecule has 0 bridgehead atoms. The van der Waals surface area contributed by atoms with Crippen LogP contribution in [0.4, 0.5) is 4.39 Å². The zero-order valence-electron chi connectivity index (χ0n) is 10.8. The first-order valence-corrected chi connectivity index (χ1v) is 7.19. The molecule has 0 fully saturated rings. The summed E-state index contributed by atoms with van der Waals surface area (Å²) in [6, 6.07) is 4.77. The molecule has 0 amide bonds. The van der Waals surface area contributed by atoms with Crippen molar-refractivity contribution >= 4 is 15.8 Å². The second kappa shape index (κ2) is 6.74. The molecule has 0 heterocycles. The number of likely N-dealkylation sites (N-methyl/N-ethyl adjacent to an activating group) is 1. The van der Waals surface area contributed by atoms with Gasteiger partial charge in [-0.1, -0.05) is 0 Å². The number of ether oxygens (including phenoxy) is 1. The molecule has 0 saturated heterocycles. The number of rotatable bonds is 7. The minimum absolute atomic E-state index is 0.171. The number of sulfonamides is 1. The van der Waals surface area contributed by atoms with Crippen LogP contribution >= 0.6 is 0 Å². The lowest BCUT2D eigenvalue weighted by Crippen LogP contribution is -2.34. The van der Waals surface area contributed by atoms with Crippen molar-refractivity contribution in [1.29, 1.82) is 0 Å². The van der Waals surface area contributed by atoms with E-state index in [1.165, 1.54) is 26.3 Å². The zero-order chi connectivity index (χ0) is 14.5. The van der Waals surface area contributed by atoms with Crippen LogP contribution in [0, 0.1) is 5.82 Å². The topological polar surface area (TPSA) is 63.7 Å². The maximum atomic E-state index is 12.7. The number of Topliss-reactive ketones (excluding diaryl/α,β-unsaturated/α-hetero) is 1. The molecule has 0 aromatic heterocycles. The van der Waals surface area contributed by atoms with Crippen LogP contribution in [0.15, 0.2) is 24.3 Å². The number of carbonyl (C=O) groups is 1. The Balaban J connectivity index is 2.72. The molecule has 19 heavy (non-hydrogen) atoms. The highest BCUT2D eigenvalue weighted by Crippen LogP contribution is 2.07. The highest BCUT2D eigenvalue weighted by Gasteiger charge is 2.22. The fraction of sp³-hybridized carbons (Fsp3) is 0.417. The molecule has 7 heteroatoms. The summed E-state index contributed by atoms with van der Waals surface area (Å²) in [5.74, 6) is -1.68. The summed E-state index contributed by atoms with van der Waals surface area (Å²) in [6.45, 7) is 0.427. The smallest absolute Gasteiger partial charge is 0.221 e. The Morgan fingerprint density at radius 1 is 1.32 bits per heavy atom. The molecule has 0 saturated carbocycles. The lowest BCUT2D eigenvalue weighted by Gasteiger charge is -2.15. The predicted molar refractivity (Wildman–Crippen MR) is 69.0 cm³/mol. The normalized spacial score (nSPS) is 11.8. The maximum absolute atomic E-state index is 12.7. The van der Waals surface area contributed by atoms with E-state index in [4.69, 9.17) is 4.74 Å². The minimum atomic E-state index is -3.68. The molecule has 5 nitrogen and oxygen atoms in total. The quantitative estimate of drug-likeness (QED) is 0.700. The van der Waals surface area contributed by atoms with E-state index < -0.39 is 27.4 Å². The lowest BCUT2D eigenvalue weighted by molar-refractivity contribution is 0.101. The minimum Gasteiger partial charge on any atom is -0.383 e. The van der Waals surface area contributed by atoms with E-state index in [0.29, 0.717) is 0 Å². The summed E-state index contributed by atoms with van der Waals surface area (Å²) in [6.07, 6.45) is 0. The first-order chi connectivity index (χ1) is 8.86.